The maximum Gasteiger partial charge on any atom is 0.330 e. The van der Waals surface area contributed by atoms with Gasteiger partial charge in [-0.2, -0.15) is 0 Å². The van der Waals surface area contributed by atoms with Gasteiger partial charge in [-0.1, -0.05) is 39.2 Å². The zero-order valence-corrected chi connectivity index (χ0v) is 24.2. The number of amides is 5. The summed E-state index contributed by atoms with van der Waals surface area (Å²) < 4.78 is 5.20. The van der Waals surface area contributed by atoms with Crippen LogP contribution in [-0.2, 0) is 28.7 Å². The molecule has 5 atom stereocenters. The van der Waals surface area contributed by atoms with E-state index in [1.165, 1.54) is 17.1 Å². The van der Waals surface area contributed by atoms with Crippen LogP contribution in [0.2, 0.25) is 0 Å². The number of esters is 1. The molecule has 222 valence electrons. The molecule has 3 aliphatic rings. The number of nitrogens with one attached hydrogen (secondary N) is 3. The molecule has 1 aliphatic heterocycles. The molecule has 0 aromatic carbocycles. The van der Waals surface area contributed by atoms with E-state index in [1.54, 1.807) is 27.7 Å². The average Bonchev–Trinajstić information content (AvgIpc) is 3.14. The number of ether oxygens (including phenoxy) is 1. The molecular formula is C28H43N5O7. The monoisotopic (exact) mass is 561 g/mol. The van der Waals surface area contributed by atoms with E-state index in [9.17, 15) is 28.8 Å². The Morgan fingerprint density at radius 3 is 2.25 bits per heavy atom. The topological polar surface area (TPSA) is 177 Å². The highest BCUT2D eigenvalue weighted by atomic mass is 16.5. The molecule has 0 spiro atoms. The second-order valence-corrected chi connectivity index (χ2v) is 12.7. The Morgan fingerprint density at radius 2 is 1.73 bits per heavy atom. The van der Waals surface area contributed by atoms with E-state index in [0.717, 1.165) is 19.3 Å². The minimum atomic E-state index is -1.26. The minimum absolute atomic E-state index is 0.0266. The third kappa shape index (κ3) is 7.19. The summed E-state index contributed by atoms with van der Waals surface area (Å²) in [5, 5.41) is 8.02. The predicted molar refractivity (Wildman–Crippen MR) is 145 cm³/mol. The lowest BCUT2D eigenvalue weighted by Gasteiger charge is -2.34. The van der Waals surface area contributed by atoms with Crippen LogP contribution >= 0.6 is 0 Å². The molecule has 3 rings (SSSR count). The molecule has 2 saturated carbocycles. The molecule has 2 aliphatic carbocycles. The van der Waals surface area contributed by atoms with Gasteiger partial charge in [-0.25, -0.2) is 9.59 Å². The fourth-order valence-electron chi connectivity index (χ4n) is 5.79. The Hall–Kier alpha value is -3.44. The van der Waals surface area contributed by atoms with E-state index in [-0.39, 0.29) is 29.7 Å². The van der Waals surface area contributed by atoms with Crippen LogP contribution in [0.25, 0.3) is 0 Å². The molecule has 12 nitrogen and oxygen atoms in total. The van der Waals surface area contributed by atoms with Crippen molar-refractivity contribution in [3.8, 4) is 0 Å². The molecule has 1 saturated heterocycles. The van der Waals surface area contributed by atoms with Gasteiger partial charge in [0.05, 0.1) is 6.04 Å². The van der Waals surface area contributed by atoms with Crippen LogP contribution in [0.5, 0.6) is 0 Å². The van der Waals surface area contributed by atoms with E-state index in [0.29, 0.717) is 6.42 Å². The first-order chi connectivity index (χ1) is 18.6. The van der Waals surface area contributed by atoms with E-state index in [2.05, 4.69) is 16.0 Å². The standard InChI is InChI=1S/C28H43N5O7/c1-7-9-19(34)40-14-18(31-26(39)32-27(2,3)4)25(38)33-13-16-20(28(16,5)6)21(33)24(37)30-17(22(35)23(29)36)12-15-10-8-11-15/h7,9,15-18,20-21H,8,10-14H2,1-6H3,(H2,29,36)(H,30,37)(H2,31,32,39)/b9-7+/t16?,17?,18-,20-,21?/m0/s1. The summed E-state index contributed by atoms with van der Waals surface area (Å²) in [5.41, 5.74) is 4.45. The summed E-state index contributed by atoms with van der Waals surface area (Å²) in [7, 11) is 0. The highest BCUT2D eigenvalue weighted by Crippen LogP contribution is 2.64. The SMILES string of the molecule is C/C=C/C(=O)OC[C@H](NC(=O)NC(C)(C)C)C(=O)N1CC2[C@@H](C1C(=O)NC(CC1CCC1)C(=O)C(N)=O)C2(C)C. The van der Waals surface area contributed by atoms with E-state index in [4.69, 9.17) is 10.5 Å². The average molecular weight is 562 g/mol. The molecule has 5 amide bonds. The molecule has 40 heavy (non-hydrogen) atoms. The number of piperidine rings is 1. The van der Waals surface area contributed by atoms with Gasteiger partial charge in [-0.3, -0.25) is 19.2 Å². The number of Topliss-reactive ketones (excluding diaryl/α,β-unsaturated/α-hetero) is 1. The van der Waals surface area contributed by atoms with Crippen molar-refractivity contribution in [2.75, 3.05) is 13.2 Å². The molecule has 0 aromatic rings. The van der Waals surface area contributed by atoms with Crippen LogP contribution in [0.4, 0.5) is 4.79 Å². The maximum absolute atomic E-state index is 13.8. The summed E-state index contributed by atoms with van der Waals surface area (Å²) in [6.45, 7) is 10.8. The molecule has 0 aromatic heterocycles. The lowest BCUT2D eigenvalue weighted by molar-refractivity contribution is -0.147. The molecular weight excluding hydrogens is 518 g/mol. The first-order valence-corrected chi connectivity index (χ1v) is 13.9. The van der Waals surface area contributed by atoms with Crippen LogP contribution in [0.15, 0.2) is 12.2 Å². The number of ketones is 1. The Bertz CT molecular complexity index is 1080. The number of carbonyl (C=O) groups excluding carboxylic acids is 6. The Labute approximate surface area is 235 Å². The van der Waals surface area contributed by atoms with Crippen molar-refractivity contribution in [1.29, 1.82) is 0 Å². The second-order valence-electron chi connectivity index (χ2n) is 12.7. The minimum Gasteiger partial charge on any atom is -0.460 e. The first kappa shape index (κ1) is 31.1. The summed E-state index contributed by atoms with van der Waals surface area (Å²) in [6, 6.07) is -3.89. The summed E-state index contributed by atoms with van der Waals surface area (Å²) in [4.78, 5) is 77.8. The third-order valence-corrected chi connectivity index (χ3v) is 8.22. The van der Waals surface area contributed by atoms with Crippen molar-refractivity contribution < 1.29 is 33.5 Å². The van der Waals surface area contributed by atoms with Crippen LogP contribution in [0.1, 0.15) is 67.2 Å². The predicted octanol–water partition coefficient (Wildman–Crippen LogP) is 0.784. The number of fused-ring (bicyclic) bond motifs is 1. The number of allylic oxidation sites excluding steroid dienone is 1. The van der Waals surface area contributed by atoms with Gasteiger partial charge < -0.3 is 31.3 Å². The number of primary amides is 1. The maximum atomic E-state index is 13.8. The third-order valence-electron chi connectivity index (χ3n) is 8.22. The fraction of sp³-hybridized carbons (Fsp3) is 0.714. The summed E-state index contributed by atoms with van der Waals surface area (Å²) in [5.74, 6) is -3.74. The number of likely N-dealkylation sites (tertiary alicyclic amines) is 1. The second kappa shape index (κ2) is 12.0. The molecule has 0 bridgehead atoms. The molecule has 5 N–H and O–H groups in total. The number of hydrogen-bond acceptors (Lipinski definition) is 7. The van der Waals surface area contributed by atoms with Crippen molar-refractivity contribution in [2.45, 2.75) is 90.9 Å². The lowest BCUT2D eigenvalue weighted by atomic mass is 9.80. The Morgan fingerprint density at radius 1 is 1.07 bits per heavy atom. The van der Waals surface area contributed by atoms with E-state index < -0.39 is 65.8 Å². The smallest absolute Gasteiger partial charge is 0.330 e. The largest absolute Gasteiger partial charge is 0.460 e. The number of hydrogen-bond donors (Lipinski definition) is 4. The zero-order valence-electron chi connectivity index (χ0n) is 24.2. The van der Waals surface area contributed by atoms with Crippen LogP contribution in [0, 0.1) is 23.2 Å². The van der Waals surface area contributed by atoms with Crippen molar-refractivity contribution >= 4 is 35.5 Å². The van der Waals surface area contributed by atoms with Gasteiger partial charge in [0.15, 0.2) is 0 Å². The number of nitrogens with two attached hydrogens (primary N) is 1. The van der Waals surface area contributed by atoms with Gasteiger partial charge in [0, 0.05) is 18.2 Å². The highest BCUT2D eigenvalue weighted by Gasteiger charge is 2.69. The summed E-state index contributed by atoms with van der Waals surface area (Å²) in [6.07, 6.45) is 5.82. The first-order valence-electron chi connectivity index (χ1n) is 13.9. The van der Waals surface area contributed by atoms with E-state index in [1.807, 2.05) is 13.8 Å². The van der Waals surface area contributed by atoms with Crippen LogP contribution in [-0.4, -0.2) is 77.2 Å². The number of rotatable bonds is 11. The van der Waals surface area contributed by atoms with Crippen molar-refractivity contribution in [2.24, 2.45) is 28.9 Å². The molecule has 1 heterocycles. The highest BCUT2D eigenvalue weighted by molar-refractivity contribution is 6.37. The van der Waals surface area contributed by atoms with Crippen molar-refractivity contribution in [1.82, 2.24) is 20.9 Å². The van der Waals surface area contributed by atoms with Gasteiger partial charge >= 0.3 is 12.0 Å². The van der Waals surface area contributed by atoms with Gasteiger partial charge in [0.2, 0.25) is 17.6 Å². The van der Waals surface area contributed by atoms with Gasteiger partial charge in [0.25, 0.3) is 5.91 Å². The molecule has 12 heteroatoms. The van der Waals surface area contributed by atoms with Gasteiger partial charge in [-0.05, 0) is 57.3 Å². The molecule has 3 unspecified atom stereocenters. The van der Waals surface area contributed by atoms with Gasteiger partial charge in [0.1, 0.15) is 18.7 Å². The zero-order chi connectivity index (χ0) is 30.0. The van der Waals surface area contributed by atoms with Gasteiger partial charge in [-0.15, -0.1) is 0 Å². The van der Waals surface area contributed by atoms with E-state index >= 15 is 0 Å². The van der Waals surface area contributed by atoms with Crippen LogP contribution < -0.4 is 21.7 Å². The molecule has 3 fully saturated rings. The lowest BCUT2D eigenvalue weighted by Crippen LogP contribution is -2.60. The number of urea groups is 1. The quantitative estimate of drug-likeness (QED) is 0.164. The number of carbonyl (C=O) groups is 6. The van der Waals surface area contributed by atoms with Crippen LogP contribution in [0.3, 0.4) is 0 Å². The fourth-order valence-corrected chi connectivity index (χ4v) is 5.79. The van der Waals surface area contributed by atoms with Crippen molar-refractivity contribution in [3.05, 3.63) is 12.2 Å². The Kier molecular flexibility index (Phi) is 9.31. The Balaban J connectivity index is 1.82. The summed E-state index contributed by atoms with van der Waals surface area (Å²) >= 11 is 0. The van der Waals surface area contributed by atoms with Crippen molar-refractivity contribution in [3.63, 3.8) is 0 Å². The number of nitrogens with zero attached hydrogens (tertiary/aromatic N) is 1. The normalized spacial score (nSPS) is 24.8. The molecule has 0 radical (unpaired) electrons.